The monoisotopic (exact) mass is 899 g/mol. The lowest BCUT2D eigenvalue weighted by atomic mass is 10.1. The van der Waals surface area contributed by atoms with Crippen molar-refractivity contribution in [1.29, 1.82) is 10.5 Å². The molecule has 27 heteroatoms. The van der Waals surface area contributed by atoms with E-state index < -0.39 is 90.0 Å². The first kappa shape index (κ1) is 44.2. The standard InChI is InChI=1S/C35H36FN11O13P2/c1-2-53-61(51,54-12-6-10-37)59-22-14-25(46-19-43-27-30(39-17-40-31(27)46)45-33(49)21-8-4-3-5-9-21)57-24(22)16-56-62(52,55-13-7-11-38)60-29-23(15-48)58-35(26(29)36)47-20-44-28-32(47)41-18-42-34(28)50/h2-5,8-9,17-20,22-26,29,35,48H,1,6-7,12-16H2,(H,41,42,50)(H,39,40,45,49)/t22-,23?,24?,25?,26+,29+,35?,61?,62?/m0/s1. The highest BCUT2D eigenvalue weighted by molar-refractivity contribution is 7.48. The number of alkyl halides is 1. The Morgan fingerprint density at radius 1 is 0.968 bits per heavy atom. The number of ether oxygens (including phenoxy) is 2. The summed E-state index contributed by atoms with van der Waals surface area (Å²) < 4.78 is 92.1. The van der Waals surface area contributed by atoms with Crippen molar-refractivity contribution in [3.63, 3.8) is 0 Å². The molecular weight excluding hydrogens is 863 g/mol. The average molecular weight is 900 g/mol. The summed E-state index contributed by atoms with van der Waals surface area (Å²) in [5.74, 6) is -0.388. The van der Waals surface area contributed by atoms with Crippen LogP contribution in [-0.2, 0) is 45.7 Å². The minimum Gasteiger partial charge on any atom is -0.413 e. The molecule has 62 heavy (non-hydrogen) atoms. The van der Waals surface area contributed by atoms with Crippen molar-refractivity contribution >= 4 is 49.7 Å². The summed E-state index contributed by atoms with van der Waals surface area (Å²) in [5, 5.41) is 31.1. The number of nitrogens with one attached hydrogen (secondary N) is 2. The van der Waals surface area contributed by atoms with E-state index in [9.17, 15) is 29.1 Å². The molecule has 1 aromatic carbocycles. The van der Waals surface area contributed by atoms with Crippen molar-refractivity contribution in [2.75, 3.05) is 31.7 Å². The van der Waals surface area contributed by atoms with Crippen molar-refractivity contribution in [1.82, 2.24) is 39.0 Å². The quantitative estimate of drug-likeness (QED) is 0.0569. The normalized spacial score (nSPS) is 24.2. The number of rotatable bonds is 20. The molecule has 2 saturated heterocycles. The number of aromatic amines is 1. The second-order valence-corrected chi connectivity index (χ2v) is 16.3. The lowest BCUT2D eigenvalue weighted by Crippen LogP contribution is -2.34. The molecule has 3 N–H and O–H groups in total. The minimum absolute atomic E-state index is 0.0537. The summed E-state index contributed by atoms with van der Waals surface area (Å²) in [6.45, 7) is 0.950. The van der Waals surface area contributed by atoms with Crippen LogP contribution in [0.3, 0.4) is 0 Å². The Balaban J connectivity index is 1.15. The van der Waals surface area contributed by atoms with Crippen LogP contribution < -0.4 is 10.9 Å². The topological polar surface area (TPSA) is 312 Å². The highest BCUT2D eigenvalue weighted by atomic mass is 31.2. The molecule has 5 aromatic rings. The lowest BCUT2D eigenvalue weighted by molar-refractivity contribution is -0.0580. The lowest BCUT2D eigenvalue weighted by Gasteiger charge is -2.27. The largest absolute Gasteiger partial charge is 0.529 e. The van der Waals surface area contributed by atoms with Gasteiger partial charge in [0.1, 0.15) is 37.0 Å². The number of nitriles is 2. The van der Waals surface area contributed by atoms with Gasteiger partial charge in [-0.3, -0.25) is 41.3 Å². The summed E-state index contributed by atoms with van der Waals surface area (Å²) >= 11 is 0. The number of amides is 1. The fourth-order valence-electron chi connectivity index (χ4n) is 6.46. The van der Waals surface area contributed by atoms with E-state index in [0.29, 0.717) is 5.56 Å². The fraction of sp³-hybridized carbons (Fsp3) is 0.400. The van der Waals surface area contributed by atoms with Gasteiger partial charge in [-0.25, -0.2) is 38.4 Å². The Hall–Kier alpha value is -5.82. The van der Waals surface area contributed by atoms with E-state index in [-0.39, 0.29) is 54.0 Å². The van der Waals surface area contributed by atoms with E-state index in [4.69, 9.17) is 41.9 Å². The number of carbonyl (C=O) groups is 1. The number of benzene rings is 1. The van der Waals surface area contributed by atoms with Crippen molar-refractivity contribution in [3.8, 4) is 12.1 Å². The van der Waals surface area contributed by atoms with Gasteiger partial charge in [0.25, 0.3) is 11.5 Å². The van der Waals surface area contributed by atoms with E-state index in [2.05, 4.69) is 41.8 Å². The van der Waals surface area contributed by atoms with Crippen LogP contribution in [0.4, 0.5) is 10.2 Å². The predicted molar refractivity (Wildman–Crippen MR) is 207 cm³/mol. The molecular formula is C35H36FN11O13P2. The first-order chi connectivity index (χ1) is 30.0. The zero-order valence-corrected chi connectivity index (χ0v) is 33.9. The number of phosphoric ester groups is 2. The van der Waals surface area contributed by atoms with Gasteiger partial charge in [0.2, 0.25) is 0 Å². The SMILES string of the molecule is C=COP(=O)(OCCC#N)O[C@H]1CC(n2cnc3c(NC(=O)c4ccccc4)ncnc32)OC1COP(=O)(OCCC#N)O[C@@H]1C(CO)OC(n2cnc3c(=O)[nH]cnc32)[C@@H]1F. The first-order valence-electron chi connectivity index (χ1n) is 18.5. The number of aliphatic hydroxyl groups excluding tert-OH is 1. The van der Waals surface area contributed by atoms with Gasteiger partial charge in [-0.05, 0) is 12.1 Å². The van der Waals surface area contributed by atoms with E-state index in [1.165, 1.54) is 17.2 Å². The number of aromatic nitrogens is 8. The maximum Gasteiger partial charge on any atom is 0.529 e. The molecule has 2 aliphatic heterocycles. The van der Waals surface area contributed by atoms with Crippen LogP contribution in [0.25, 0.3) is 22.3 Å². The molecule has 2 fully saturated rings. The molecule has 6 heterocycles. The molecule has 4 aromatic heterocycles. The van der Waals surface area contributed by atoms with Crippen LogP contribution in [0.5, 0.6) is 0 Å². The smallest absolute Gasteiger partial charge is 0.413 e. The third kappa shape index (κ3) is 9.62. The van der Waals surface area contributed by atoms with Crippen LogP contribution in [0, 0.1) is 22.7 Å². The molecule has 0 saturated carbocycles. The zero-order valence-electron chi connectivity index (χ0n) is 32.1. The molecule has 7 rings (SSSR count). The summed E-state index contributed by atoms with van der Waals surface area (Å²) in [7, 11) is -9.47. The van der Waals surface area contributed by atoms with Crippen molar-refractivity contribution < 1.29 is 60.0 Å². The van der Waals surface area contributed by atoms with E-state index in [1.54, 1.807) is 30.3 Å². The molecule has 6 unspecified atom stereocenters. The highest BCUT2D eigenvalue weighted by Gasteiger charge is 2.52. The van der Waals surface area contributed by atoms with Crippen LogP contribution in [0.15, 0.2) is 73.3 Å². The zero-order chi connectivity index (χ0) is 43.9. The molecule has 9 atom stereocenters. The molecule has 2 aliphatic rings. The summed E-state index contributed by atoms with van der Waals surface area (Å²) in [6.07, 6.45) is -5.88. The van der Waals surface area contributed by atoms with Gasteiger partial charge in [0.15, 0.2) is 40.5 Å². The number of nitrogens with zero attached hydrogens (tertiary/aromatic N) is 9. The van der Waals surface area contributed by atoms with E-state index in [0.717, 1.165) is 23.5 Å². The Bertz CT molecular complexity index is 2640. The predicted octanol–water partition coefficient (Wildman–Crippen LogP) is 3.75. The van der Waals surface area contributed by atoms with Crippen LogP contribution in [-0.4, -0.2) is 107 Å². The molecule has 1 amide bonds. The Morgan fingerprint density at radius 3 is 2.40 bits per heavy atom. The Morgan fingerprint density at radius 2 is 1.68 bits per heavy atom. The molecule has 326 valence electrons. The highest BCUT2D eigenvalue weighted by Crippen LogP contribution is 2.56. The number of hydrogen-bond acceptors (Lipinski definition) is 20. The number of hydrogen-bond donors (Lipinski definition) is 3. The van der Waals surface area contributed by atoms with Crippen LogP contribution in [0.1, 0.15) is 42.1 Å². The van der Waals surface area contributed by atoms with Gasteiger partial charge < -0.3 is 29.4 Å². The molecule has 0 spiro atoms. The molecule has 24 nitrogen and oxygen atoms in total. The summed E-state index contributed by atoms with van der Waals surface area (Å²) in [5.41, 5.74) is -0.0738. The van der Waals surface area contributed by atoms with E-state index in [1.807, 2.05) is 12.1 Å². The summed E-state index contributed by atoms with van der Waals surface area (Å²) in [6, 6.07) is 12.0. The maximum absolute atomic E-state index is 16.3. The minimum atomic E-state index is -4.95. The number of halogens is 1. The molecule has 0 aliphatic carbocycles. The molecule has 0 bridgehead atoms. The number of aliphatic hydroxyl groups is 1. The van der Waals surface area contributed by atoms with Gasteiger partial charge in [-0.1, -0.05) is 24.8 Å². The van der Waals surface area contributed by atoms with Gasteiger partial charge in [-0.15, -0.1) is 0 Å². The number of anilines is 1. The summed E-state index contributed by atoms with van der Waals surface area (Å²) in [4.78, 5) is 48.4. The van der Waals surface area contributed by atoms with Crippen molar-refractivity contribution in [3.05, 3.63) is 84.4 Å². The third-order valence-corrected chi connectivity index (χ3v) is 12.1. The number of imidazole rings is 2. The third-order valence-electron chi connectivity index (χ3n) is 9.25. The Kier molecular flexibility index (Phi) is 13.9. The maximum atomic E-state index is 16.3. The number of fused-ring (bicyclic) bond motifs is 2. The average Bonchev–Trinajstić information content (AvgIpc) is 4.06. The van der Waals surface area contributed by atoms with Crippen molar-refractivity contribution in [2.24, 2.45) is 0 Å². The van der Waals surface area contributed by atoms with Crippen molar-refractivity contribution in [2.45, 2.75) is 62.3 Å². The van der Waals surface area contributed by atoms with Gasteiger partial charge >= 0.3 is 15.6 Å². The second kappa shape index (κ2) is 19.5. The van der Waals surface area contributed by atoms with Gasteiger partial charge in [0.05, 0.1) is 76.7 Å². The van der Waals surface area contributed by atoms with Crippen LogP contribution in [0.2, 0.25) is 0 Å². The first-order valence-corrected chi connectivity index (χ1v) is 21.5. The number of carbonyl (C=O) groups excluding carboxylic acids is 1. The number of H-pyrrole nitrogens is 1. The fourth-order valence-corrected chi connectivity index (χ4v) is 9.07. The second-order valence-electron chi connectivity index (χ2n) is 13.1. The van der Waals surface area contributed by atoms with Gasteiger partial charge in [0, 0.05) is 12.0 Å². The van der Waals surface area contributed by atoms with Crippen LogP contribution >= 0.6 is 15.6 Å². The molecule has 0 radical (unpaired) electrons. The van der Waals surface area contributed by atoms with Gasteiger partial charge in [-0.2, -0.15) is 10.5 Å². The Labute approximate surface area is 349 Å². The number of phosphoric acid groups is 2. The van der Waals surface area contributed by atoms with E-state index >= 15 is 4.39 Å².